The smallest absolute Gasteiger partial charge is 0.293 e. The largest absolute Gasteiger partial charge is 0.333 e. The second-order valence-electron chi connectivity index (χ2n) is 7.77. The fourth-order valence-electron chi connectivity index (χ4n) is 3.75. The summed E-state index contributed by atoms with van der Waals surface area (Å²) >= 11 is 0. The number of nitrogens with zero attached hydrogens (tertiary/aromatic N) is 7. The zero-order chi connectivity index (χ0) is 22.2. The van der Waals surface area contributed by atoms with Crippen molar-refractivity contribution >= 4 is 16.1 Å². The highest BCUT2D eigenvalue weighted by atomic mass is 32.2. The van der Waals surface area contributed by atoms with Crippen molar-refractivity contribution in [3.05, 3.63) is 41.7 Å². The highest BCUT2D eigenvalue weighted by molar-refractivity contribution is 7.86. The van der Waals surface area contributed by atoms with Crippen LogP contribution in [0.2, 0.25) is 0 Å². The van der Waals surface area contributed by atoms with Gasteiger partial charge in [-0.2, -0.15) is 17.0 Å². The molecule has 3 heterocycles. The standard InChI is InChI=1S/C19H26FN7O3S/c1-15-21-18(22-27(15)17-5-3-16(20)4-6-17)19(28)24-9-13-26(14-10-24)31(29,30)25-11-7-23(2)8-12-25/h3-6H,7-14H2,1-2H3. The van der Waals surface area contributed by atoms with Gasteiger partial charge in [0.1, 0.15) is 11.6 Å². The molecule has 0 saturated carbocycles. The molecular weight excluding hydrogens is 425 g/mol. The number of aryl methyl sites for hydroxylation is 1. The molecule has 1 amide bonds. The molecule has 0 bridgehead atoms. The molecule has 1 aromatic carbocycles. The van der Waals surface area contributed by atoms with Crippen LogP contribution in [0.3, 0.4) is 0 Å². The van der Waals surface area contributed by atoms with Crippen molar-refractivity contribution in [2.45, 2.75) is 6.92 Å². The van der Waals surface area contributed by atoms with E-state index in [-0.39, 0.29) is 43.7 Å². The van der Waals surface area contributed by atoms with Gasteiger partial charge in [-0.3, -0.25) is 4.79 Å². The Labute approximate surface area is 181 Å². The summed E-state index contributed by atoms with van der Waals surface area (Å²) in [6.45, 7) is 5.10. The number of benzene rings is 1. The topological polar surface area (TPSA) is 94.9 Å². The van der Waals surface area contributed by atoms with Crippen molar-refractivity contribution in [2.75, 3.05) is 59.4 Å². The minimum Gasteiger partial charge on any atom is -0.333 e. The van der Waals surface area contributed by atoms with Gasteiger partial charge in [0.05, 0.1) is 5.69 Å². The molecule has 4 rings (SSSR count). The molecule has 2 fully saturated rings. The van der Waals surface area contributed by atoms with E-state index < -0.39 is 10.2 Å². The number of piperazine rings is 2. The van der Waals surface area contributed by atoms with Gasteiger partial charge in [-0.05, 0) is 38.2 Å². The monoisotopic (exact) mass is 451 g/mol. The molecule has 0 spiro atoms. The number of hydrogen-bond acceptors (Lipinski definition) is 6. The number of rotatable bonds is 4. The second kappa shape index (κ2) is 8.61. The first-order chi connectivity index (χ1) is 14.8. The van der Waals surface area contributed by atoms with Gasteiger partial charge in [0, 0.05) is 52.4 Å². The van der Waals surface area contributed by atoms with Crippen molar-refractivity contribution < 1.29 is 17.6 Å². The molecule has 0 atom stereocenters. The zero-order valence-electron chi connectivity index (χ0n) is 17.6. The summed E-state index contributed by atoms with van der Waals surface area (Å²) in [5.74, 6) is -0.161. The molecule has 2 aliphatic heterocycles. The minimum absolute atomic E-state index is 0.0391. The Kier molecular flexibility index (Phi) is 6.06. The molecule has 10 nitrogen and oxygen atoms in total. The summed E-state index contributed by atoms with van der Waals surface area (Å²) in [6, 6.07) is 5.76. The normalized spacial score (nSPS) is 19.6. The van der Waals surface area contributed by atoms with E-state index in [1.54, 1.807) is 24.0 Å². The summed E-state index contributed by atoms with van der Waals surface area (Å²) in [4.78, 5) is 20.8. The van der Waals surface area contributed by atoms with Crippen molar-refractivity contribution in [2.24, 2.45) is 0 Å². The third-order valence-corrected chi connectivity index (χ3v) is 7.71. The van der Waals surface area contributed by atoms with Gasteiger partial charge in [-0.25, -0.2) is 14.1 Å². The number of amides is 1. The van der Waals surface area contributed by atoms with Crippen LogP contribution in [0, 0.1) is 12.7 Å². The molecule has 2 aromatic rings. The Hall–Kier alpha value is -2.41. The maximum absolute atomic E-state index is 13.2. The van der Waals surface area contributed by atoms with Crippen LogP contribution < -0.4 is 0 Å². The van der Waals surface area contributed by atoms with E-state index in [4.69, 9.17) is 0 Å². The predicted molar refractivity (Wildman–Crippen MR) is 112 cm³/mol. The minimum atomic E-state index is -3.53. The Morgan fingerprint density at radius 2 is 1.48 bits per heavy atom. The number of aromatic nitrogens is 3. The second-order valence-corrected chi connectivity index (χ2v) is 9.70. The summed E-state index contributed by atoms with van der Waals surface area (Å²) in [5.41, 5.74) is 0.605. The maximum atomic E-state index is 13.2. The molecule has 0 radical (unpaired) electrons. The molecule has 0 N–H and O–H groups in total. The lowest BCUT2D eigenvalue weighted by Crippen LogP contribution is -2.57. The van der Waals surface area contributed by atoms with Gasteiger partial charge in [0.15, 0.2) is 0 Å². The summed E-state index contributed by atoms with van der Waals surface area (Å²) < 4.78 is 43.4. The first-order valence-electron chi connectivity index (χ1n) is 10.2. The van der Waals surface area contributed by atoms with E-state index in [1.165, 1.54) is 25.4 Å². The van der Waals surface area contributed by atoms with Crippen LogP contribution in [-0.2, 0) is 10.2 Å². The Morgan fingerprint density at radius 1 is 0.935 bits per heavy atom. The maximum Gasteiger partial charge on any atom is 0.293 e. The van der Waals surface area contributed by atoms with Gasteiger partial charge in [0.2, 0.25) is 5.82 Å². The molecule has 12 heteroatoms. The average Bonchev–Trinajstić information content (AvgIpc) is 3.16. The average molecular weight is 452 g/mol. The van der Waals surface area contributed by atoms with Crippen LogP contribution in [0.15, 0.2) is 24.3 Å². The van der Waals surface area contributed by atoms with Crippen molar-refractivity contribution in [3.63, 3.8) is 0 Å². The Morgan fingerprint density at radius 3 is 2.06 bits per heavy atom. The predicted octanol–water partition coefficient (Wildman–Crippen LogP) is -0.0352. The molecule has 2 aliphatic rings. The van der Waals surface area contributed by atoms with Gasteiger partial charge in [-0.1, -0.05) is 0 Å². The Bertz CT molecular complexity index is 1040. The van der Waals surface area contributed by atoms with Crippen molar-refractivity contribution in [1.82, 2.24) is 33.2 Å². The van der Waals surface area contributed by atoms with E-state index in [0.29, 0.717) is 37.7 Å². The summed E-state index contributed by atoms with van der Waals surface area (Å²) in [5, 5.41) is 4.28. The van der Waals surface area contributed by atoms with Crippen molar-refractivity contribution in [3.8, 4) is 5.69 Å². The van der Waals surface area contributed by atoms with E-state index in [1.807, 2.05) is 7.05 Å². The highest BCUT2D eigenvalue weighted by Crippen LogP contribution is 2.16. The Balaban J connectivity index is 1.41. The van der Waals surface area contributed by atoms with Crippen LogP contribution in [0.1, 0.15) is 16.4 Å². The lowest BCUT2D eigenvalue weighted by atomic mass is 10.3. The van der Waals surface area contributed by atoms with Gasteiger partial charge < -0.3 is 9.80 Å². The number of hydrogen-bond donors (Lipinski definition) is 0. The van der Waals surface area contributed by atoms with Gasteiger partial charge >= 0.3 is 0 Å². The van der Waals surface area contributed by atoms with E-state index in [2.05, 4.69) is 15.0 Å². The fraction of sp³-hybridized carbons (Fsp3) is 0.526. The molecule has 0 aliphatic carbocycles. The van der Waals surface area contributed by atoms with Crippen molar-refractivity contribution in [1.29, 1.82) is 0 Å². The SMILES string of the molecule is Cc1nc(C(=O)N2CCN(S(=O)(=O)N3CCN(C)CC3)CC2)nn1-c1ccc(F)cc1. The van der Waals surface area contributed by atoms with Crippen LogP contribution in [-0.4, -0.2) is 107 Å². The summed E-state index contributed by atoms with van der Waals surface area (Å²) in [7, 11) is -1.55. The molecule has 0 unspecified atom stereocenters. The third-order valence-electron chi connectivity index (χ3n) is 5.67. The third kappa shape index (κ3) is 4.47. The van der Waals surface area contributed by atoms with Gasteiger partial charge in [0.25, 0.3) is 16.1 Å². The number of likely N-dealkylation sites (N-methyl/N-ethyl adjacent to an activating group) is 1. The highest BCUT2D eigenvalue weighted by Gasteiger charge is 2.35. The van der Waals surface area contributed by atoms with Crippen LogP contribution in [0.25, 0.3) is 5.69 Å². The number of halogens is 1. The lowest BCUT2D eigenvalue weighted by molar-refractivity contribution is 0.0680. The lowest BCUT2D eigenvalue weighted by Gasteiger charge is -2.38. The first kappa shape index (κ1) is 21.8. The number of carbonyl (C=O) groups excluding carboxylic acids is 1. The van der Waals surface area contributed by atoms with Gasteiger partial charge in [-0.15, -0.1) is 5.10 Å². The fourth-order valence-corrected chi connectivity index (χ4v) is 5.33. The first-order valence-corrected chi connectivity index (χ1v) is 11.6. The molecule has 168 valence electrons. The van der Waals surface area contributed by atoms with Crippen LogP contribution in [0.5, 0.6) is 0 Å². The van der Waals surface area contributed by atoms with E-state index in [9.17, 15) is 17.6 Å². The zero-order valence-corrected chi connectivity index (χ0v) is 18.4. The van der Waals surface area contributed by atoms with Crippen LogP contribution >= 0.6 is 0 Å². The molecule has 1 aromatic heterocycles. The van der Waals surface area contributed by atoms with E-state index >= 15 is 0 Å². The molecule has 31 heavy (non-hydrogen) atoms. The summed E-state index contributed by atoms with van der Waals surface area (Å²) in [6.07, 6.45) is 0. The quantitative estimate of drug-likeness (QED) is 0.648. The van der Waals surface area contributed by atoms with E-state index in [0.717, 1.165) is 0 Å². The molecule has 2 saturated heterocycles. The molecular formula is C19H26FN7O3S. The van der Waals surface area contributed by atoms with Crippen LogP contribution in [0.4, 0.5) is 4.39 Å². The number of carbonyl (C=O) groups is 1.